The van der Waals surface area contributed by atoms with Crippen molar-refractivity contribution in [1.82, 2.24) is 0 Å². The summed E-state index contributed by atoms with van der Waals surface area (Å²) in [5, 5.41) is 19.9. The Balaban J connectivity index is 2.21. The van der Waals surface area contributed by atoms with Gasteiger partial charge in [-0.1, -0.05) is 62.4 Å². The highest BCUT2D eigenvalue weighted by atomic mass is 16.4. The maximum Gasteiger partial charge on any atom is 0.308 e. The molecule has 122 valence electrons. The highest BCUT2D eigenvalue weighted by Gasteiger charge is 2.66. The van der Waals surface area contributed by atoms with Crippen molar-refractivity contribution in [2.45, 2.75) is 24.7 Å². The molecule has 4 heteroatoms. The molecule has 0 heterocycles. The van der Waals surface area contributed by atoms with Crippen molar-refractivity contribution in [2.75, 3.05) is 0 Å². The van der Waals surface area contributed by atoms with Gasteiger partial charge in [-0.2, -0.15) is 0 Å². The van der Waals surface area contributed by atoms with Crippen molar-refractivity contribution < 1.29 is 19.8 Å². The number of aliphatic carboxylic acids is 2. The first-order valence-electron chi connectivity index (χ1n) is 8.00. The Kier molecular flexibility index (Phi) is 2.78. The summed E-state index contributed by atoms with van der Waals surface area (Å²) in [7, 11) is 0. The standard InChI is InChI=1S/C20H18O4/c1-19-11-7-3-5-9-13(11)20(2,14-10-6-4-8-12(14)19)16(18(23)24)15(19)17(21)22/h3-10,15-16H,1-2H3,(H,21,22)(H,23,24)/t15-,16-,19?,20?/m1/s1. The number of carboxylic acids is 2. The van der Waals surface area contributed by atoms with Gasteiger partial charge in [0.05, 0.1) is 11.8 Å². The van der Waals surface area contributed by atoms with E-state index < -0.39 is 34.6 Å². The van der Waals surface area contributed by atoms with Crippen molar-refractivity contribution in [3.05, 3.63) is 70.8 Å². The molecule has 2 aromatic carbocycles. The average molecular weight is 322 g/mol. The number of carboxylic acid groups (broad SMARTS) is 2. The zero-order chi connectivity index (χ0) is 17.3. The molecule has 2 N–H and O–H groups in total. The van der Waals surface area contributed by atoms with Crippen LogP contribution in [0.4, 0.5) is 0 Å². The number of carbonyl (C=O) groups is 2. The largest absolute Gasteiger partial charge is 0.481 e. The monoisotopic (exact) mass is 322 g/mol. The van der Waals surface area contributed by atoms with Gasteiger partial charge in [0.15, 0.2) is 0 Å². The molecule has 24 heavy (non-hydrogen) atoms. The lowest BCUT2D eigenvalue weighted by Gasteiger charge is -2.58. The summed E-state index contributed by atoms with van der Waals surface area (Å²) in [6.45, 7) is 3.75. The molecule has 4 nitrogen and oxygen atoms in total. The molecule has 0 fully saturated rings. The molecule has 0 unspecified atom stereocenters. The van der Waals surface area contributed by atoms with E-state index in [0.717, 1.165) is 22.3 Å². The molecular formula is C20H18O4. The van der Waals surface area contributed by atoms with Crippen molar-refractivity contribution in [3.63, 3.8) is 0 Å². The van der Waals surface area contributed by atoms with Gasteiger partial charge in [0, 0.05) is 10.8 Å². The first kappa shape index (κ1) is 14.9. The lowest BCUT2D eigenvalue weighted by molar-refractivity contribution is -0.161. The molecular weight excluding hydrogens is 304 g/mol. The van der Waals surface area contributed by atoms with Gasteiger partial charge in [-0.05, 0) is 22.3 Å². The number of rotatable bonds is 2. The van der Waals surface area contributed by atoms with E-state index in [0.29, 0.717) is 0 Å². The predicted molar refractivity (Wildman–Crippen MR) is 88.0 cm³/mol. The summed E-state index contributed by atoms with van der Waals surface area (Å²) in [6.07, 6.45) is 0. The van der Waals surface area contributed by atoms with Crippen LogP contribution in [-0.2, 0) is 20.4 Å². The second kappa shape index (κ2) is 4.47. The van der Waals surface area contributed by atoms with Gasteiger partial charge in [0.25, 0.3) is 0 Å². The van der Waals surface area contributed by atoms with E-state index in [9.17, 15) is 19.8 Å². The van der Waals surface area contributed by atoms with Crippen LogP contribution in [0.2, 0.25) is 0 Å². The molecule has 0 saturated heterocycles. The Bertz CT molecular complexity index is 763. The summed E-state index contributed by atoms with van der Waals surface area (Å²) in [5.74, 6) is -4.13. The maximum absolute atomic E-state index is 12.2. The summed E-state index contributed by atoms with van der Waals surface area (Å²) in [6, 6.07) is 15.3. The first-order valence-corrected chi connectivity index (χ1v) is 8.00. The molecule has 0 saturated carbocycles. The van der Waals surface area contributed by atoms with Crippen LogP contribution in [-0.4, -0.2) is 22.2 Å². The average Bonchev–Trinajstić information content (AvgIpc) is 2.56. The zero-order valence-electron chi connectivity index (χ0n) is 13.5. The van der Waals surface area contributed by atoms with E-state index in [2.05, 4.69) is 0 Å². The van der Waals surface area contributed by atoms with E-state index in [-0.39, 0.29) is 0 Å². The maximum atomic E-state index is 12.2. The summed E-state index contributed by atoms with van der Waals surface area (Å²) in [5.41, 5.74) is 1.99. The van der Waals surface area contributed by atoms with Crippen LogP contribution < -0.4 is 0 Å². The van der Waals surface area contributed by atoms with Crippen molar-refractivity contribution >= 4 is 11.9 Å². The number of hydrogen-bond donors (Lipinski definition) is 2. The van der Waals surface area contributed by atoms with Crippen LogP contribution in [0, 0.1) is 11.8 Å². The fourth-order valence-corrected chi connectivity index (χ4v) is 5.18. The van der Waals surface area contributed by atoms with E-state index in [1.807, 2.05) is 62.4 Å². The van der Waals surface area contributed by atoms with Crippen LogP contribution in [0.5, 0.6) is 0 Å². The smallest absolute Gasteiger partial charge is 0.308 e. The third-order valence-corrected chi connectivity index (χ3v) is 6.20. The SMILES string of the molecule is CC12c3ccccc3C(C)(c3ccccc31)[C@@H](C(=O)O)[C@@H]2C(=O)O. The van der Waals surface area contributed by atoms with E-state index >= 15 is 0 Å². The minimum Gasteiger partial charge on any atom is -0.481 e. The molecule has 0 spiro atoms. The fourth-order valence-electron chi connectivity index (χ4n) is 5.18. The molecule has 0 aromatic heterocycles. The van der Waals surface area contributed by atoms with Crippen molar-refractivity contribution in [2.24, 2.45) is 11.8 Å². The molecule has 3 aliphatic rings. The number of benzene rings is 2. The van der Waals surface area contributed by atoms with E-state index in [1.54, 1.807) is 0 Å². The Morgan fingerprint density at radius 3 is 1.17 bits per heavy atom. The predicted octanol–water partition coefficient (Wildman–Crippen LogP) is 3.03. The zero-order valence-corrected chi connectivity index (χ0v) is 13.5. The van der Waals surface area contributed by atoms with Gasteiger partial charge in [-0.15, -0.1) is 0 Å². The van der Waals surface area contributed by atoms with Gasteiger partial charge in [-0.25, -0.2) is 0 Å². The quantitative estimate of drug-likeness (QED) is 0.891. The Labute approximate surface area is 139 Å². The van der Waals surface area contributed by atoms with Gasteiger partial charge in [-0.3, -0.25) is 9.59 Å². The highest BCUT2D eigenvalue weighted by molar-refractivity contribution is 5.88. The summed E-state index contributed by atoms with van der Waals surface area (Å²) >= 11 is 0. The molecule has 0 amide bonds. The Morgan fingerprint density at radius 2 is 0.958 bits per heavy atom. The van der Waals surface area contributed by atoms with E-state index in [4.69, 9.17) is 0 Å². The highest BCUT2D eigenvalue weighted by Crippen LogP contribution is 2.64. The molecule has 0 aliphatic heterocycles. The van der Waals surface area contributed by atoms with Gasteiger partial charge >= 0.3 is 11.9 Å². The minimum atomic E-state index is -1.06. The topological polar surface area (TPSA) is 74.6 Å². The number of fused-ring (bicyclic) bond motifs is 1. The third kappa shape index (κ3) is 1.44. The van der Waals surface area contributed by atoms with Crippen LogP contribution in [0.25, 0.3) is 0 Å². The third-order valence-electron chi connectivity index (χ3n) is 6.20. The van der Waals surface area contributed by atoms with Gasteiger partial charge in [0.1, 0.15) is 0 Å². The molecule has 5 rings (SSSR count). The Morgan fingerprint density at radius 1 is 0.708 bits per heavy atom. The first-order chi connectivity index (χ1) is 11.3. The lowest BCUT2D eigenvalue weighted by atomic mass is 9.42. The molecule has 2 atom stereocenters. The molecule has 3 aliphatic carbocycles. The summed E-state index contributed by atoms with van der Waals surface area (Å²) < 4.78 is 0. The second-order valence-corrected chi connectivity index (χ2v) is 7.13. The van der Waals surface area contributed by atoms with Crippen LogP contribution in [0.15, 0.2) is 48.5 Å². The van der Waals surface area contributed by atoms with Gasteiger partial charge in [0.2, 0.25) is 0 Å². The minimum absolute atomic E-state index is 0.861. The van der Waals surface area contributed by atoms with Crippen LogP contribution >= 0.6 is 0 Å². The lowest BCUT2D eigenvalue weighted by Crippen LogP contribution is -2.62. The van der Waals surface area contributed by atoms with Crippen LogP contribution in [0.1, 0.15) is 36.1 Å². The molecule has 2 bridgehead atoms. The van der Waals surface area contributed by atoms with Gasteiger partial charge < -0.3 is 10.2 Å². The molecule has 2 aromatic rings. The van der Waals surface area contributed by atoms with Crippen LogP contribution in [0.3, 0.4) is 0 Å². The van der Waals surface area contributed by atoms with Crippen molar-refractivity contribution in [3.8, 4) is 0 Å². The van der Waals surface area contributed by atoms with Crippen molar-refractivity contribution in [1.29, 1.82) is 0 Å². The fraction of sp³-hybridized carbons (Fsp3) is 0.300. The molecule has 0 radical (unpaired) electrons. The normalized spacial score (nSPS) is 32.8. The number of hydrogen-bond acceptors (Lipinski definition) is 2. The summed E-state index contributed by atoms with van der Waals surface area (Å²) in [4.78, 5) is 24.3. The second-order valence-electron chi connectivity index (χ2n) is 7.13. The Hall–Kier alpha value is -2.62. The van der Waals surface area contributed by atoms with E-state index in [1.165, 1.54) is 0 Å².